The van der Waals surface area contributed by atoms with Crippen molar-refractivity contribution in [2.24, 2.45) is 0 Å². The van der Waals surface area contributed by atoms with Crippen LogP contribution in [0.4, 0.5) is 15.4 Å². The Balaban J connectivity index is 1.13. The number of imidazole rings is 1. The van der Waals surface area contributed by atoms with Crippen molar-refractivity contribution in [3.63, 3.8) is 0 Å². The van der Waals surface area contributed by atoms with Crippen molar-refractivity contribution < 1.29 is 38.0 Å². The molecule has 0 saturated carbocycles. The van der Waals surface area contributed by atoms with Crippen LogP contribution >= 0.6 is 0 Å². The van der Waals surface area contributed by atoms with Gasteiger partial charge in [0.25, 0.3) is 0 Å². The first kappa shape index (κ1) is 34.9. The molecule has 2 saturated heterocycles. The van der Waals surface area contributed by atoms with E-state index in [4.69, 9.17) is 4.52 Å². The molecule has 0 radical (unpaired) electrons. The third-order valence-electron chi connectivity index (χ3n) is 9.31. The topological polar surface area (TPSA) is 201 Å². The Hall–Kier alpha value is -5.93. The minimum Gasteiger partial charge on any atom is -0.453 e. The largest absolute Gasteiger partial charge is 0.453 e. The fraction of sp³-hybridized carbons (Fsp3) is 0.400. The maximum atomic E-state index is 13.4. The molecule has 2 aromatic heterocycles. The molecule has 0 unspecified atom stereocenters. The summed E-state index contributed by atoms with van der Waals surface area (Å²) in [6.45, 7) is 4.13. The van der Waals surface area contributed by atoms with Gasteiger partial charge in [0, 0.05) is 13.1 Å². The predicted molar refractivity (Wildman–Crippen MR) is 184 cm³/mol. The second-order valence-electron chi connectivity index (χ2n) is 12.6. The molecule has 0 bridgehead atoms. The van der Waals surface area contributed by atoms with E-state index in [-0.39, 0.29) is 23.7 Å². The molecule has 4 atom stereocenters. The number of carbonyl (C=O) groups excluding carboxylic acids is 5. The number of nitrogens with zero attached hydrogens (tertiary/aromatic N) is 4. The second-order valence-corrected chi connectivity index (χ2v) is 12.6. The van der Waals surface area contributed by atoms with Gasteiger partial charge in [-0.25, -0.2) is 14.6 Å². The van der Waals surface area contributed by atoms with Crippen LogP contribution in [0.2, 0.25) is 0 Å². The molecule has 2 aliphatic rings. The van der Waals surface area contributed by atoms with E-state index in [0.29, 0.717) is 42.7 Å². The van der Waals surface area contributed by atoms with Crippen molar-refractivity contribution in [2.45, 2.75) is 63.7 Å². The zero-order valence-electron chi connectivity index (χ0n) is 28.7. The maximum Gasteiger partial charge on any atom is 0.407 e. The molecule has 6 rings (SSSR count). The van der Waals surface area contributed by atoms with E-state index in [2.05, 4.69) is 40.5 Å². The third-order valence-corrected chi connectivity index (χ3v) is 9.31. The van der Waals surface area contributed by atoms with Gasteiger partial charge in [-0.15, -0.1) is 0 Å². The lowest BCUT2D eigenvalue weighted by molar-refractivity contribution is -0.138. The van der Waals surface area contributed by atoms with Crippen molar-refractivity contribution in [2.75, 3.05) is 32.6 Å². The summed E-state index contributed by atoms with van der Waals surface area (Å²) in [5, 5.41) is 12.5. The Morgan fingerprint density at radius 2 is 1.45 bits per heavy atom. The standard InChI is InChI=1S/C35H40N8O8/c1-19(37-34(47)49-3)32(45)42-15-5-7-26(42)30-36-18-25(39-30)22-11-9-21(10-12-22)23-13-14-28-24(17-23)29(41-51-28)40-31(44)27-8-6-16-43(27)33(46)20(2)38-35(48)50-4/h9-14,17-20,26-27H,5-8,15-16H2,1-4H3,(H,36,39)(H,37,47)(H,38,48)(H,40,41,44)/t19-,20-,26-,27-/m0/s1. The van der Waals surface area contributed by atoms with Gasteiger partial charge in [-0.3, -0.25) is 14.4 Å². The number of alkyl carbamates (subject to hydrolysis) is 2. The normalized spacial score (nSPS) is 18.3. The number of aromatic amines is 1. The van der Waals surface area contributed by atoms with Crippen molar-refractivity contribution in [1.82, 2.24) is 35.6 Å². The summed E-state index contributed by atoms with van der Waals surface area (Å²) in [5.41, 5.74) is 3.97. The van der Waals surface area contributed by atoms with E-state index < -0.39 is 36.2 Å². The van der Waals surface area contributed by atoms with Crippen molar-refractivity contribution in [1.29, 1.82) is 0 Å². The maximum absolute atomic E-state index is 13.4. The molecular weight excluding hydrogens is 660 g/mol. The van der Waals surface area contributed by atoms with Gasteiger partial charge >= 0.3 is 12.2 Å². The Labute approximate surface area is 293 Å². The first-order valence-corrected chi connectivity index (χ1v) is 16.7. The highest BCUT2D eigenvalue weighted by molar-refractivity contribution is 6.03. The lowest BCUT2D eigenvalue weighted by atomic mass is 10.0. The summed E-state index contributed by atoms with van der Waals surface area (Å²) in [5.74, 6) is -0.0561. The summed E-state index contributed by atoms with van der Waals surface area (Å²) >= 11 is 0. The summed E-state index contributed by atoms with van der Waals surface area (Å²) in [4.78, 5) is 73.8. The van der Waals surface area contributed by atoms with Crippen LogP contribution in [0, 0.1) is 0 Å². The van der Waals surface area contributed by atoms with Gasteiger partial charge in [0.1, 0.15) is 23.9 Å². The molecule has 16 heteroatoms. The fourth-order valence-electron chi connectivity index (χ4n) is 6.61. The number of H-pyrrole nitrogens is 1. The number of aromatic nitrogens is 3. The Kier molecular flexibility index (Phi) is 10.2. The molecular formula is C35H40N8O8. The molecule has 0 spiro atoms. The molecule has 0 aliphatic carbocycles. The molecule has 4 heterocycles. The number of hydrogen-bond donors (Lipinski definition) is 4. The number of ether oxygens (including phenoxy) is 2. The van der Waals surface area contributed by atoms with E-state index in [1.54, 1.807) is 31.0 Å². The number of methoxy groups -OCH3 is 2. The van der Waals surface area contributed by atoms with E-state index in [1.165, 1.54) is 19.1 Å². The molecule has 2 fully saturated rings. The van der Waals surface area contributed by atoms with Crippen molar-refractivity contribution in [3.8, 4) is 22.4 Å². The number of carbonyl (C=O) groups is 5. The zero-order valence-corrected chi connectivity index (χ0v) is 28.7. The first-order chi connectivity index (χ1) is 24.6. The highest BCUT2D eigenvalue weighted by Crippen LogP contribution is 2.34. The number of hydrogen-bond acceptors (Lipinski definition) is 10. The SMILES string of the molecule is COC(=O)N[C@@H](C)C(=O)N1CCC[C@H]1C(=O)Nc1noc2ccc(-c3ccc(-c4cnc([C@@H]5CCCN5C(=O)[C@H](C)NC(=O)OC)[nH]4)cc3)cc12. The van der Waals surface area contributed by atoms with Gasteiger partial charge in [0.05, 0.1) is 37.5 Å². The number of likely N-dealkylation sites (tertiary alicyclic amines) is 2. The first-order valence-electron chi connectivity index (χ1n) is 16.7. The van der Waals surface area contributed by atoms with Crippen LogP contribution in [0.25, 0.3) is 33.4 Å². The second kappa shape index (κ2) is 14.9. The van der Waals surface area contributed by atoms with Crippen LogP contribution in [0.15, 0.2) is 53.2 Å². The summed E-state index contributed by atoms with van der Waals surface area (Å²) in [6.07, 6.45) is 3.04. The van der Waals surface area contributed by atoms with Gasteiger partial charge in [-0.1, -0.05) is 35.5 Å². The number of benzene rings is 2. The van der Waals surface area contributed by atoms with Gasteiger partial charge in [0.2, 0.25) is 17.7 Å². The van der Waals surface area contributed by atoms with Crippen LogP contribution in [0.5, 0.6) is 0 Å². The minimum atomic E-state index is -0.858. The van der Waals surface area contributed by atoms with Crippen molar-refractivity contribution >= 4 is 46.7 Å². The highest BCUT2D eigenvalue weighted by atomic mass is 16.5. The third kappa shape index (κ3) is 7.34. The van der Waals surface area contributed by atoms with E-state index in [0.717, 1.165) is 35.2 Å². The lowest BCUT2D eigenvalue weighted by Gasteiger charge is -2.26. The monoisotopic (exact) mass is 700 g/mol. The minimum absolute atomic E-state index is 0.201. The molecule has 5 amide bonds. The van der Waals surface area contributed by atoms with Gasteiger partial charge in [0.15, 0.2) is 11.4 Å². The lowest BCUT2D eigenvalue weighted by Crippen LogP contribution is -2.51. The predicted octanol–water partition coefficient (Wildman–Crippen LogP) is 3.97. The van der Waals surface area contributed by atoms with Crippen LogP contribution in [-0.2, 0) is 23.9 Å². The molecule has 16 nitrogen and oxygen atoms in total. The molecule has 2 aromatic carbocycles. The summed E-state index contributed by atoms with van der Waals surface area (Å²) in [6, 6.07) is 10.9. The highest BCUT2D eigenvalue weighted by Gasteiger charge is 2.37. The Bertz CT molecular complexity index is 1940. The number of rotatable bonds is 9. The fourth-order valence-corrected chi connectivity index (χ4v) is 6.61. The Morgan fingerprint density at radius 3 is 2.14 bits per heavy atom. The number of amides is 5. The van der Waals surface area contributed by atoms with Crippen LogP contribution < -0.4 is 16.0 Å². The molecule has 4 N–H and O–H groups in total. The zero-order chi connectivity index (χ0) is 36.2. The quantitative estimate of drug-likeness (QED) is 0.198. The number of anilines is 1. The number of fused-ring (bicyclic) bond motifs is 1. The van der Waals surface area contributed by atoms with Gasteiger partial charge in [-0.2, -0.15) is 0 Å². The van der Waals surface area contributed by atoms with E-state index >= 15 is 0 Å². The average Bonchev–Trinajstić information content (AvgIpc) is 3.97. The van der Waals surface area contributed by atoms with E-state index in [9.17, 15) is 24.0 Å². The van der Waals surface area contributed by atoms with Crippen LogP contribution in [-0.4, -0.2) is 100 Å². The smallest absolute Gasteiger partial charge is 0.407 e. The van der Waals surface area contributed by atoms with Gasteiger partial charge in [-0.05, 0) is 68.4 Å². The molecule has 51 heavy (non-hydrogen) atoms. The molecule has 268 valence electrons. The molecule has 4 aromatic rings. The Morgan fingerprint density at radius 1 is 0.843 bits per heavy atom. The number of nitrogens with one attached hydrogen (secondary N) is 4. The van der Waals surface area contributed by atoms with Crippen LogP contribution in [0.3, 0.4) is 0 Å². The summed E-state index contributed by atoms with van der Waals surface area (Å²) < 4.78 is 14.7. The van der Waals surface area contributed by atoms with Crippen LogP contribution in [0.1, 0.15) is 51.4 Å². The van der Waals surface area contributed by atoms with E-state index in [1.807, 2.05) is 36.4 Å². The summed E-state index contributed by atoms with van der Waals surface area (Å²) in [7, 11) is 2.47. The van der Waals surface area contributed by atoms with Crippen molar-refractivity contribution in [3.05, 3.63) is 54.5 Å². The average molecular weight is 701 g/mol. The molecule has 2 aliphatic heterocycles. The van der Waals surface area contributed by atoms with Gasteiger partial charge < -0.3 is 44.7 Å².